The summed E-state index contributed by atoms with van der Waals surface area (Å²) in [6.45, 7) is 4.26. The van der Waals surface area contributed by atoms with Gasteiger partial charge in [0, 0.05) is 5.92 Å². The van der Waals surface area contributed by atoms with Crippen LogP contribution in [0.5, 0.6) is 0 Å². The molecule has 4 nitrogen and oxygen atoms in total. The smallest absolute Gasteiger partial charge is 0.310 e. The number of fused-ring (bicyclic) bond motifs is 2. The predicted octanol–water partition coefficient (Wildman–Crippen LogP) is 2.60. The van der Waals surface area contributed by atoms with Gasteiger partial charge in [0.2, 0.25) is 0 Å². The molecular weight excluding hydrogens is 256 g/mol. The number of hydrogen-bond acceptors (Lipinski definition) is 3. The lowest BCUT2D eigenvalue weighted by Crippen LogP contribution is -2.46. The molecule has 2 saturated carbocycles. The Kier molecular flexibility index (Phi) is 2.60. The molecule has 2 aliphatic carbocycles. The van der Waals surface area contributed by atoms with E-state index in [1.165, 1.54) is 6.42 Å². The van der Waals surface area contributed by atoms with Crippen molar-refractivity contribution in [1.82, 2.24) is 0 Å². The zero-order chi connectivity index (χ0) is 14.1. The van der Waals surface area contributed by atoms with E-state index in [0.29, 0.717) is 18.1 Å². The van der Waals surface area contributed by atoms with E-state index in [2.05, 4.69) is 13.8 Å². The second kappa shape index (κ2) is 3.98. The number of ether oxygens (including phenoxy) is 2. The number of hydrogen-bond donors (Lipinski definition) is 1. The van der Waals surface area contributed by atoms with Crippen LogP contribution in [-0.2, 0) is 14.3 Å². The molecule has 2 aliphatic heterocycles. The summed E-state index contributed by atoms with van der Waals surface area (Å²) >= 11 is 0. The molecule has 2 saturated heterocycles. The summed E-state index contributed by atoms with van der Waals surface area (Å²) in [7, 11) is 0. The summed E-state index contributed by atoms with van der Waals surface area (Å²) in [6.07, 6.45) is 6.80. The van der Waals surface area contributed by atoms with Crippen LogP contribution in [0.15, 0.2) is 0 Å². The van der Waals surface area contributed by atoms with Crippen molar-refractivity contribution in [2.75, 3.05) is 0 Å². The van der Waals surface area contributed by atoms with Gasteiger partial charge in [-0.05, 0) is 44.9 Å². The van der Waals surface area contributed by atoms with Gasteiger partial charge >= 0.3 is 5.97 Å². The zero-order valence-electron chi connectivity index (χ0n) is 12.3. The van der Waals surface area contributed by atoms with Crippen LogP contribution in [0.25, 0.3) is 0 Å². The minimum absolute atomic E-state index is 0.0400. The Labute approximate surface area is 119 Å². The minimum Gasteiger partial charge on any atom is -0.481 e. The second-order valence-corrected chi connectivity index (χ2v) is 7.55. The van der Waals surface area contributed by atoms with E-state index in [1.807, 2.05) is 0 Å². The third kappa shape index (κ3) is 1.64. The summed E-state index contributed by atoms with van der Waals surface area (Å²) in [5, 5.41) is 9.91. The molecule has 0 aromatic carbocycles. The first-order chi connectivity index (χ1) is 9.47. The van der Waals surface area contributed by atoms with Gasteiger partial charge in [0.1, 0.15) is 0 Å². The Morgan fingerprint density at radius 1 is 1.35 bits per heavy atom. The lowest BCUT2D eigenvalue weighted by molar-refractivity contribution is -0.156. The highest BCUT2D eigenvalue weighted by Gasteiger charge is 2.64. The molecule has 4 aliphatic rings. The number of rotatable bonds is 3. The molecule has 0 aromatic rings. The van der Waals surface area contributed by atoms with Crippen LogP contribution < -0.4 is 0 Å². The van der Waals surface area contributed by atoms with Crippen molar-refractivity contribution in [3.05, 3.63) is 0 Å². The van der Waals surface area contributed by atoms with Crippen molar-refractivity contribution < 1.29 is 19.4 Å². The largest absolute Gasteiger partial charge is 0.481 e. The molecule has 4 rings (SSSR count). The van der Waals surface area contributed by atoms with Crippen molar-refractivity contribution >= 4 is 5.97 Å². The van der Waals surface area contributed by atoms with Gasteiger partial charge in [0.05, 0.1) is 29.3 Å². The van der Waals surface area contributed by atoms with Gasteiger partial charge in [-0.1, -0.05) is 13.3 Å². The molecule has 7 atom stereocenters. The first-order valence-corrected chi connectivity index (χ1v) is 8.04. The lowest BCUT2D eigenvalue weighted by Gasteiger charge is -2.41. The third-order valence-corrected chi connectivity index (χ3v) is 6.71. The number of carboxylic acid groups (broad SMARTS) is 1. The van der Waals surface area contributed by atoms with Gasteiger partial charge < -0.3 is 14.6 Å². The standard InChI is InChI=1S/C16H24O4/c1-9-13-11(19-13)6-7-16(9,14(17)18)8-10-4-3-5-12-15(10,2)20-12/h9-13H,3-8H2,1-2H3,(H,17,18). The van der Waals surface area contributed by atoms with Crippen molar-refractivity contribution in [3.63, 3.8) is 0 Å². The highest BCUT2D eigenvalue weighted by Crippen LogP contribution is 2.59. The number of carbonyl (C=O) groups is 1. The molecule has 7 unspecified atom stereocenters. The summed E-state index contributed by atoms with van der Waals surface area (Å²) in [5.41, 5.74) is -0.638. The van der Waals surface area contributed by atoms with Crippen LogP contribution in [0.4, 0.5) is 0 Å². The third-order valence-electron chi connectivity index (χ3n) is 6.71. The Bertz CT molecular complexity index is 450. The van der Waals surface area contributed by atoms with Gasteiger partial charge in [-0.3, -0.25) is 4.79 Å². The van der Waals surface area contributed by atoms with Crippen LogP contribution in [0.2, 0.25) is 0 Å². The fraction of sp³-hybridized carbons (Fsp3) is 0.938. The van der Waals surface area contributed by atoms with Gasteiger partial charge in [0.25, 0.3) is 0 Å². The van der Waals surface area contributed by atoms with Crippen molar-refractivity contribution in [2.45, 2.75) is 76.3 Å². The average molecular weight is 280 g/mol. The van der Waals surface area contributed by atoms with Crippen molar-refractivity contribution in [3.8, 4) is 0 Å². The number of epoxide rings is 2. The van der Waals surface area contributed by atoms with E-state index in [1.54, 1.807) is 0 Å². The highest BCUT2D eigenvalue weighted by atomic mass is 16.6. The molecule has 20 heavy (non-hydrogen) atoms. The lowest BCUT2D eigenvalue weighted by atomic mass is 9.60. The quantitative estimate of drug-likeness (QED) is 0.807. The van der Waals surface area contributed by atoms with E-state index in [4.69, 9.17) is 9.47 Å². The molecule has 0 amide bonds. The van der Waals surface area contributed by atoms with E-state index in [-0.39, 0.29) is 17.6 Å². The fourth-order valence-corrected chi connectivity index (χ4v) is 5.01. The first kappa shape index (κ1) is 13.1. The molecule has 0 aromatic heterocycles. The van der Waals surface area contributed by atoms with Gasteiger partial charge in [-0.2, -0.15) is 0 Å². The Hall–Kier alpha value is -0.610. The maximum Gasteiger partial charge on any atom is 0.310 e. The molecule has 112 valence electrons. The molecule has 0 bridgehead atoms. The van der Waals surface area contributed by atoms with Crippen molar-refractivity contribution in [2.24, 2.45) is 17.3 Å². The van der Waals surface area contributed by atoms with E-state index in [0.717, 1.165) is 32.1 Å². The first-order valence-electron chi connectivity index (χ1n) is 8.04. The van der Waals surface area contributed by atoms with E-state index in [9.17, 15) is 9.90 Å². The fourth-order valence-electron chi connectivity index (χ4n) is 5.01. The summed E-state index contributed by atoms with van der Waals surface area (Å²) in [5.74, 6) is -0.0955. The molecule has 1 N–H and O–H groups in total. The zero-order valence-corrected chi connectivity index (χ0v) is 12.3. The van der Waals surface area contributed by atoms with Crippen LogP contribution in [0, 0.1) is 17.3 Å². The molecule has 4 fully saturated rings. The highest BCUT2D eigenvalue weighted by molar-refractivity contribution is 5.75. The Balaban J connectivity index is 1.58. The topological polar surface area (TPSA) is 62.4 Å². The van der Waals surface area contributed by atoms with E-state index < -0.39 is 11.4 Å². The van der Waals surface area contributed by atoms with Crippen LogP contribution in [0.1, 0.15) is 52.4 Å². The van der Waals surface area contributed by atoms with Gasteiger partial charge in [0.15, 0.2) is 0 Å². The monoisotopic (exact) mass is 280 g/mol. The van der Waals surface area contributed by atoms with Crippen molar-refractivity contribution in [1.29, 1.82) is 0 Å². The van der Waals surface area contributed by atoms with Crippen LogP contribution >= 0.6 is 0 Å². The molecular formula is C16H24O4. The number of carboxylic acids is 1. The molecule has 0 spiro atoms. The number of aliphatic carboxylic acids is 1. The minimum atomic E-state index is -0.620. The Morgan fingerprint density at radius 3 is 2.90 bits per heavy atom. The van der Waals surface area contributed by atoms with E-state index >= 15 is 0 Å². The van der Waals surface area contributed by atoms with Gasteiger partial charge in [-0.25, -0.2) is 0 Å². The molecule has 0 radical (unpaired) electrons. The average Bonchev–Trinajstić information content (AvgIpc) is 3.27. The second-order valence-electron chi connectivity index (χ2n) is 7.55. The summed E-state index contributed by atoms with van der Waals surface area (Å²) in [4.78, 5) is 12.1. The van der Waals surface area contributed by atoms with Crippen LogP contribution in [0.3, 0.4) is 0 Å². The molecule has 4 heteroatoms. The van der Waals surface area contributed by atoms with Gasteiger partial charge in [-0.15, -0.1) is 0 Å². The maximum atomic E-state index is 12.1. The Morgan fingerprint density at radius 2 is 2.15 bits per heavy atom. The van der Waals surface area contributed by atoms with Crippen LogP contribution in [-0.4, -0.2) is 35.0 Å². The predicted molar refractivity (Wildman–Crippen MR) is 72.4 cm³/mol. The summed E-state index contributed by atoms with van der Waals surface area (Å²) < 4.78 is 11.5. The maximum absolute atomic E-state index is 12.1. The summed E-state index contributed by atoms with van der Waals surface area (Å²) in [6, 6.07) is 0. The SMILES string of the molecule is CC1C2OC2CCC1(CC1CCCC2OC12C)C(=O)O. The molecule has 2 heterocycles. The normalized spacial score (nSPS) is 56.6.